The fourth-order valence-electron chi connectivity index (χ4n) is 1.43. The van der Waals surface area contributed by atoms with Gasteiger partial charge in [-0.15, -0.1) is 0 Å². The molecule has 2 nitrogen and oxygen atoms in total. The fourth-order valence-corrected chi connectivity index (χ4v) is 1.43. The summed E-state index contributed by atoms with van der Waals surface area (Å²) in [6.45, 7) is -0.548. The monoisotopic (exact) mass is 248 g/mol. The van der Waals surface area contributed by atoms with Crippen LogP contribution in [0.4, 0.5) is 13.2 Å². The molecule has 1 unspecified atom stereocenters. The van der Waals surface area contributed by atoms with E-state index in [2.05, 4.69) is 4.74 Å². The van der Waals surface area contributed by atoms with Gasteiger partial charge in [0, 0.05) is 6.61 Å². The van der Waals surface area contributed by atoms with Gasteiger partial charge in [0.2, 0.25) is 0 Å². The Bertz CT molecular complexity index is 331. The highest BCUT2D eigenvalue weighted by molar-refractivity contribution is 5.16. The molecule has 0 radical (unpaired) electrons. The van der Waals surface area contributed by atoms with Crippen molar-refractivity contribution in [2.24, 2.45) is 0 Å². The Labute approximate surface area is 98.0 Å². The molecule has 1 rings (SSSR count). The van der Waals surface area contributed by atoms with Gasteiger partial charge in [-0.3, -0.25) is 0 Å². The minimum Gasteiger partial charge on any atom is -0.393 e. The van der Waals surface area contributed by atoms with Crippen LogP contribution in [0.15, 0.2) is 24.3 Å². The Morgan fingerprint density at radius 2 is 2.06 bits per heavy atom. The number of hydrogen-bond donors (Lipinski definition) is 1. The molecule has 1 atom stereocenters. The van der Waals surface area contributed by atoms with Crippen molar-refractivity contribution in [2.45, 2.75) is 25.4 Å². The second kappa shape index (κ2) is 7.29. The Morgan fingerprint density at radius 1 is 1.29 bits per heavy atom. The average Bonchev–Trinajstić information content (AvgIpc) is 2.24. The molecule has 0 aliphatic rings. The summed E-state index contributed by atoms with van der Waals surface area (Å²) in [5.41, 5.74) is 0.673. The smallest absolute Gasteiger partial charge is 0.261 e. The van der Waals surface area contributed by atoms with Crippen LogP contribution >= 0.6 is 0 Å². The maximum Gasteiger partial charge on any atom is 0.261 e. The van der Waals surface area contributed by atoms with Crippen LogP contribution in [0.25, 0.3) is 0 Å². The molecule has 0 bridgehead atoms. The van der Waals surface area contributed by atoms with E-state index >= 15 is 0 Å². The lowest BCUT2D eigenvalue weighted by molar-refractivity contribution is 0.00512. The summed E-state index contributed by atoms with van der Waals surface area (Å²) in [5.74, 6) is -0.358. The Morgan fingerprint density at radius 3 is 2.71 bits per heavy atom. The van der Waals surface area contributed by atoms with Gasteiger partial charge in [0.05, 0.1) is 6.10 Å². The normalized spacial score (nSPS) is 13.0. The van der Waals surface area contributed by atoms with Crippen molar-refractivity contribution in [3.63, 3.8) is 0 Å². The highest BCUT2D eigenvalue weighted by atomic mass is 19.3. The zero-order valence-electron chi connectivity index (χ0n) is 9.28. The van der Waals surface area contributed by atoms with E-state index in [0.717, 1.165) is 0 Å². The second-order valence-corrected chi connectivity index (χ2v) is 3.74. The highest BCUT2D eigenvalue weighted by Crippen LogP contribution is 2.08. The summed E-state index contributed by atoms with van der Waals surface area (Å²) in [6.07, 6.45) is -2.66. The van der Waals surface area contributed by atoms with Crippen LogP contribution in [0.3, 0.4) is 0 Å². The van der Waals surface area contributed by atoms with Crippen LogP contribution in [0, 0.1) is 5.82 Å². The van der Waals surface area contributed by atoms with E-state index in [1.54, 1.807) is 12.1 Å². The molecular formula is C12H15F3O2. The number of rotatable bonds is 7. The largest absolute Gasteiger partial charge is 0.393 e. The number of aliphatic hydroxyl groups is 1. The van der Waals surface area contributed by atoms with E-state index in [1.807, 2.05) is 0 Å². The molecular weight excluding hydrogens is 233 g/mol. The Kier molecular flexibility index (Phi) is 6.00. The van der Waals surface area contributed by atoms with E-state index in [1.165, 1.54) is 12.1 Å². The molecule has 1 N–H and O–H groups in total. The van der Waals surface area contributed by atoms with Gasteiger partial charge in [0.1, 0.15) is 12.4 Å². The highest BCUT2D eigenvalue weighted by Gasteiger charge is 2.07. The molecule has 1 aromatic rings. The topological polar surface area (TPSA) is 29.5 Å². The van der Waals surface area contributed by atoms with Crippen LogP contribution in [0.1, 0.15) is 12.0 Å². The second-order valence-electron chi connectivity index (χ2n) is 3.74. The third-order valence-electron chi connectivity index (χ3n) is 2.20. The van der Waals surface area contributed by atoms with Gasteiger partial charge in [0.25, 0.3) is 6.43 Å². The summed E-state index contributed by atoms with van der Waals surface area (Å²) in [5, 5.41) is 9.57. The van der Waals surface area contributed by atoms with Crippen molar-refractivity contribution in [1.29, 1.82) is 0 Å². The lowest BCUT2D eigenvalue weighted by Gasteiger charge is -2.10. The summed E-state index contributed by atoms with van der Waals surface area (Å²) < 4.78 is 40.9. The molecule has 0 heterocycles. The van der Waals surface area contributed by atoms with Crippen LogP contribution in [-0.4, -0.2) is 30.8 Å². The molecule has 0 saturated heterocycles. The molecule has 0 fully saturated rings. The summed E-state index contributed by atoms with van der Waals surface area (Å²) in [4.78, 5) is 0. The summed E-state index contributed by atoms with van der Waals surface area (Å²) >= 11 is 0. The third kappa shape index (κ3) is 6.28. The van der Waals surface area contributed by atoms with Crippen LogP contribution in [0.2, 0.25) is 0 Å². The first-order chi connectivity index (χ1) is 8.08. The average molecular weight is 248 g/mol. The molecule has 0 aliphatic carbocycles. The Hall–Kier alpha value is -1.07. The molecule has 0 amide bonds. The van der Waals surface area contributed by atoms with E-state index in [4.69, 9.17) is 0 Å². The number of ether oxygens (including phenoxy) is 1. The van der Waals surface area contributed by atoms with Crippen LogP contribution in [-0.2, 0) is 11.2 Å². The number of alkyl halides is 2. The van der Waals surface area contributed by atoms with Gasteiger partial charge < -0.3 is 9.84 Å². The maximum atomic E-state index is 12.8. The van der Waals surface area contributed by atoms with Gasteiger partial charge in [-0.1, -0.05) is 12.1 Å². The molecule has 0 spiro atoms. The van der Waals surface area contributed by atoms with Crippen molar-refractivity contribution in [2.75, 3.05) is 13.2 Å². The quantitative estimate of drug-likeness (QED) is 0.751. The van der Waals surface area contributed by atoms with Crippen molar-refractivity contribution < 1.29 is 23.0 Å². The molecule has 96 valence electrons. The van der Waals surface area contributed by atoms with E-state index in [-0.39, 0.29) is 25.3 Å². The molecule has 0 aromatic heterocycles. The number of hydrogen-bond acceptors (Lipinski definition) is 2. The number of halogens is 3. The predicted molar refractivity (Wildman–Crippen MR) is 57.6 cm³/mol. The third-order valence-corrected chi connectivity index (χ3v) is 2.20. The fraction of sp³-hybridized carbons (Fsp3) is 0.500. The lowest BCUT2D eigenvalue weighted by atomic mass is 10.1. The van der Waals surface area contributed by atoms with Gasteiger partial charge >= 0.3 is 0 Å². The molecule has 0 aliphatic heterocycles. The van der Waals surface area contributed by atoms with Gasteiger partial charge in [0.15, 0.2) is 0 Å². The van der Waals surface area contributed by atoms with Crippen LogP contribution in [0.5, 0.6) is 0 Å². The summed E-state index contributed by atoms with van der Waals surface area (Å²) in [6, 6.07) is 5.92. The van der Waals surface area contributed by atoms with Crippen LogP contribution < -0.4 is 0 Å². The summed E-state index contributed by atoms with van der Waals surface area (Å²) in [7, 11) is 0. The minimum atomic E-state index is -2.49. The van der Waals surface area contributed by atoms with Gasteiger partial charge in [-0.05, 0) is 30.5 Å². The van der Waals surface area contributed by atoms with Gasteiger partial charge in [-0.25, -0.2) is 13.2 Å². The first-order valence-corrected chi connectivity index (χ1v) is 5.36. The standard InChI is InChI=1S/C12H15F3O2/c13-10-3-1-2-9(6-10)7-11(16)4-5-17-8-12(14)15/h1-3,6,11-12,16H,4-5,7-8H2. The molecule has 5 heteroatoms. The Balaban J connectivity index is 2.23. The number of benzene rings is 1. The van der Waals surface area contributed by atoms with Crippen molar-refractivity contribution in [1.82, 2.24) is 0 Å². The molecule has 17 heavy (non-hydrogen) atoms. The predicted octanol–water partition coefficient (Wildman–Crippen LogP) is 2.40. The van der Waals surface area contributed by atoms with E-state index < -0.39 is 19.1 Å². The van der Waals surface area contributed by atoms with Crippen molar-refractivity contribution in [3.05, 3.63) is 35.6 Å². The molecule has 0 saturated carbocycles. The van der Waals surface area contributed by atoms with E-state index in [9.17, 15) is 18.3 Å². The first kappa shape index (κ1) is 14.0. The maximum absolute atomic E-state index is 12.8. The zero-order valence-corrected chi connectivity index (χ0v) is 9.28. The lowest BCUT2D eigenvalue weighted by Crippen LogP contribution is -2.15. The SMILES string of the molecule is OC(CCOCC(F)F)Cc1cccc(F)c1. The molecule has 1 aromatic carbocycles. The first-order valence-electron chi connectivity index (χ1n) is 5.36. The van der Waals surface area contributed by atoms with Crippen molar-refractivity contribution in [3.8, 4) is 0 Å². The number of aliphatic hydroxyl groups excluding tert-OH is 1. The van der Waals surface area contributed by atoms with E-state index in [0.29, 0.717) is 5.56 Å². The minimum absolute atomic E-state index is 0.0703. The zero-order chi connectivity index (χ0) is 12.7. The van der Waals surface area contributed by atoms with Gasteiger partial charge in [-0.2, -0.15) is 0 Å². The van der Waals surface area contributed by atoms with Crippen molar-refractivity contribution >= 4 is 0 Å².